The fourth-order valence-corrected chi connectivity index (χ4v) is 3.23. The normalized spacial score (nSPS) is 17.6. The van der Waals surface area contributed by atoms with Crippen LogP contribution < -0.4 is 5.32 Å². The fourth-order valence-electron chi connectivity index (χ4n) is 2.68. The van der Waals surface area contributed by atoms with Crippen molar-refractivity contribution in [2.45, 2.75) is 18.7 Å². The number of piperazine rings is 1. The van der Waals surface area contributed by atoms with E-state index >= 15 is 0 Å². The molecule has 1 N–H and O–H groups in total. The van der Waals surface area contributed by atoms with E-state index in [1.54, 1.807) is 22.7 Å². The van der Waals surface area contributed by atoms with Gasteiger partial charge >= 0.3 is 0 Å². The Morgan fingerprint density at radius 2 is 2.21 bits per heavy atom. The Balaban J connectivity index is 1.83. The van der Waals surface area contributed by atoms with Gasteiger partial charge in [0, 0.05) is 19.2 Å². The molecular formula is C17H19N3O3S. The zero-order valence-corrected chi connectivity index (χ0v) is 14.2. The molecule has 1 unspecified atom stereocenters. The van der Waals surface area contributed by atoms with E-state index in [2.05, 4.69) is 17.4 Å². The number of amides is 2. The molecule has 2 aromatic rings. The molecule has 6 nitrogen and oxygen atoms in total. The molecule has 1 aromatic heterocycles. The van der Waals surface area contributed by atoms with E-state index in [4.69, 9.17) is 4.52 Å². The third-order valence-corrected chi connectivity index (χ3v) is 4.71. The molecule has 1 atom stereocenters. The molecule has 0 spiro atoms. The molecule has 0 radical (unpaired) electrons. The van der Waals surface area contributed by atoms with E-state index < -0.39 is 6.04 Å². The lowest BCUT2D eigenvalue weighted by molar-refractivity contribution is -0.128. The summed E-state index contributed by atoms with van der Waals surface area (Å²) in [7, 11) is 0. The van der Waals surface area contributed by atoms with Crippen molar-refractivity contribution in [2.75, 3.05) is 18.8 Å². The molecule has 0 bridgehead atoms. The zero-order chi connectivity index (χ0) is 16.9. The molecule has 7 heteroatoms. The van der Waals surface area contributed by atoms with Gasteiger partial charge in [0.05, 0.1) is 5.75 Å². The number of nitrogens with zero attached hydrogens (tertiary/aromatic N) is 2. The van der Waals surface area contributed by atoms with Gasteiger partial charge in [-0.1, -0.05) is 42.4 Å². The van der Waals surface area contributed by atoms with Crippen LogP contribution in [0.15, 0.2) is 40.9 Å². The number of rotatable bonds is 5. The molecule has 1 aliphatic rings. The van der Waals surface area contributed by atoms with Crippen LogP contribution in [-0.2, 0) is 10.5 Å². The summed E-state index contributed by atoms with van der Waals surface area (Å²) < 4.78 is 5.23. The maximum atomic E-state index is 12.8. The lowest BCUT2D eigenvalue weighted by Crippen LogP contribution is -2.52. The first-order chi connectivity index (χ1) is 11.7. The van der Waals surface area contributed by atoms with Gasteiger partial charge < -0.3 is 14.7 Å². The molecule has 1 aliphatic heterocycles. The summed E-state index contributed by atoms with van der Waals surface area (Å²) >= 11 is 1.70. The first-order valence-corrected chi connectivity index (χ1v) is 9.03. The molecule has 1 saturated heterocycles. The van der Waals surface area contributed by atoms with Crippen molar-refractivity contribution in [2.24, 2.45) is 0 Å². The highest BCUT2D eigenvalue weighted by atomic mass is 32.2. The van der Waals surface area contributed by atoms with Crippen LogP contribution in [-0.4, -0.2) is 40.7 Å². The summed E-state index contributed by atoms with van der Waals surface area (Å²) in [6, 6.07) is 10.3. The van der Waals surface area contributed by atoms with Gasteiger partial charge in [-0.2, -0.15) is 11.8 Å². The van der Waals surface area contributed by atoms with Crippen LogP contribution in [0.25, 0.3) is 0 Å². The average Bonchev–Trinajstić information content (AvgIpc) is 3.08. The number of thioether (sulfide) groups is 1. The lowest BCUT2D eigenvalue weighted by Gasteiger charge is -2.34. The van der Waals surface area contributed by atoms with Crippen molar-refractivity contribution in [1.82, 2.24) is 15.4 Å². The molecule has 1 aromatic carbocycles. The minimum absolute atomic E-state index is 0.175. The van der Waals surface area contributed by atoms with Crippen LogP contribution in [0, 0.1) is 0 Å². The third-order valence-electron chi connectivity index (χ3n) is 3.81. The summed E-state index contributed by atoms with van der Waals surface area (Å²) in [4.78, 5) is 26.7. The lowest BCUT2D eigenvalue weighted by atomic mass is 10.0. The van der Waals surface area contributed by atoms with Crippen molar-refractivity contribution in [1.29, 1.82) is 0 Å². The third kappa shape index (κ3) is 3.46. The van der Waals surface area contributed by atoms with Crippen molar-refractivity contribution < 1.29 is 14.1 Å². The second-order valence-corrected chi connectivity index (χ2v) is 6.69. The molecule has 126 valence electrons. The monoisotopic (exact) mass is 345 g/mol. The quantitative estimate of drug-likeness (QED) is 0.899. The molecule has 0 aliphatic carbocycles. The van der Waals surface area contributed by atoms with E-state index in [0.717, 1.165) is 11.3 Å². The van der Waals surface area contributed by atoms with Gasteiger partial charge in [-0.25, -0.2) is 0 Å². The van der Waals surface area contributed by atoms with Crippen LogP contribution in [0.4, 0.5) is 0 Å². The molecule has 3 rings (SSSR count). The van der Waals surface area contributed by atoms with Crippen molar-refractivity contribution in [3.05, 3.63) is 53.4 Å². The Hall–Kier alpha value is -2.28. The van der Waals surface area contributed by atoms with Crippen LogP contribution in [0.1, 0.15) is 34.8 Å². The summed E-state index contributed by atoms with van der Waals surface area (Å²) in [5, 5.41) is 6.71. The Morgan fingerprint density at radius 3 is 2.96 bits per heavy atom. The minimum atomic E-state index is -0.641. The highest BCUT2D eigenvalue weighted by Crippen LogP contribution is 2.25. The Bertz CT molecular complexity index is 717. The number of hydrogen-bond acceptors (Lipinski definition) is 5. The summed E-state index contributed by atoms with van der Waals surface area (Å²) in [5.74, 6) is 1.86. The highest BCUT2D eigenvalue weighted by molar-refractivity contribution is 7.98. The number of nitrogens with one attached hydrogen (secondary N) is 1. The number of hydrogen-bond donors (Lipinski definition) is 1. The number of benzene rings is 1. The number of aromatic nitrogens is 1. The van der Waals surface area contributed by atoms with Gasteiger partial charge in [0.15, 0.2) is 5.69 Å². The first kappa shape index (κ1) is 16.6. The maximum absolute atomic E-state index is 12.8. The summed E-state index contributed by atoms with van der Waals surface area (Å²) in [5.41, 5.74) is 1.03. The van der Waals surface area contributed by atoms with Crippen molar-refractivity contribution >= 4 is 23.6 Å². The van der Waals surface area contributed by atoms with Gasteiger partial charge in [0.1, 0.15) is 11.8 Å². The van der Waals surface area contributed by atoms with Crippen LogP contribution in [0.2, 0.25) is 0 Å². The van der Waals surface area contributed by atoms with Crippen LogP contribution in [0.3, 0.4) is 0 Å². The summed E-state index contributed by atoms with van der Waals surface area (Å²) in [6.07, 6.45) is 0. The number of carbonyl (C=O) groups is 2. The second kappa shape index (κ2) is 7.53. The first-order valence-electron chi connectivity index (χ1n) is 7.87. The summed E-state index contributed by atoms with van der Waals surface area (Å²) in [6.45, 7) is 2.93. The topological polar surface area (TPSA) is 75.4 Å². The van der Waals surface area contributed by atoms with E-state index in [-0.39, 0.29) is 17.5 Å². The van der Waals surface area contributed by atoms with Gasteiger partial charge in [-0.3, -0.25) is 9.59 Å². The molecule has 0 saturated carbocycles. The smallest absolute Gasteiger partial charge is 0.277 e. The zero-order valence-electron chi connectivity index (χ0n) is 13.4. The SMILES string of the molecule is CCSCc1cc(C(=O)N2CCNC(=O)C2c2ccccc2)no1. The maximum Gasteiger partial charge on any atom is 0.277 e. The predicted molar refractivity (Wildman–Crippen MR) is 91.6 cm³/mol. The van der Waals surface area contributed by atoms with Crippen molar-refractivity contribution in [3.63, 3.8) is 0 Å². The van der Waals surface area contributed by atoms with Crippen LogP contribution in [0.5, 0.6) is 0 Å². The van der Waals surface area contributed by atoms with Gasteiger partial charge in [0.2, 0.25) is 5.91 Å². The second-order valence-electron chi connectivity index (χ2n) is 5.42. The van der Waals surface area contributed by atoms with Gasteiger partial charge in [0.25, 0.3) is 5.91 Å². The Kier molecular flexibility index (Phi) is 5.20. The minimum Gasteiger partial charge on any atom is -0.360 e. The molecule has 1 fully saturated rings. The van der Waals surface area contributed by atoms with E-state index in [9.17, 15) is 9.59 Å². The average molecular weight is 345 g/mol. The standard InChI is InChI=1S/C17H19N3O3S/c1-2-24-11-13-10-14(19-23-13)17(22)20-9-8-18-16(21)15(20)12-6-4-3-5-7-12/h3-7,10,15H,2,8-9,11H2,1H3,(H,18,21). The Morgan fingerprint density at radius 1 is 1.42 bits per heavy atom. The largest absolute Gasteiger partial charge is 0.360 e. The molecular weight excluding hydrogens is 326 g/mol. The fraction of sp³-hybridized carbons (Fsp3) is 0.353. The van der Waals surface area contributed by atoms with Gasteiger partial charge in [-0.05, 0) is 11.3 Å². The Labute approximate surface area is 144 Å². The van der Waals surface area contributed by atoms with Crippen molar-refractivity contribution in [3.8, 4) is 0 Å². The van der Waals surface area contributed by atoms with E-state index in [1.165, 1.54) is 0 Å². The van der Waals surface area contributed by atoms with Crippen LogP contribution >= 0.6 is 11.8 Å². The van der Waals surface area contributed by atoms with E-state index in [1.807, 2.05) is 30.3 Å². The molecule has 2 heterocycles. The highest BCUT2D eigenvalue weighted by Gasteiger charge is 2.35. The molecule has 24 heavy (non-hydrogen) atoms. The predicted octanol–water partition coefficient (Wildman–Crippen LogP) is 2.24. The van der Waals surface area contributed by atoms with Gasteiger partial charge in [-0.15, -0.1) is 0 Å². The number of carbonyl (C=O) groups excluding carboxylic acids is 2. The van der Waals surface area contributed by atoms with E-state index in [0.29, 0.717) is 24.6 Å². The molecule has 2 amide bonds.